The Labute approximate surface area is 273 Å². The van der Waals surface area contributed by atoms with E-state index in [0.29, 0.717) is 41.8 Å². The number of nitrogens with zero attached hydrogens (tertiary/aromatic N) is 4. The Hall–Kier alpha value is -3.63. The highest BCUT2D eigenvalue weighted by Gasteiger charge is 2.32. The minimum atomic E-state index is -0.335. The van der Waals surface area contributed by atoms with Gasteiger partial charge >= 0.3 is 0 Å². The molecule has 2 saturated heterocycles. The third kappa shape index (κ3) is 6.97. The molecule has 3 aliphatic heterocycles. The molecule has 3 aromatic carbocycles. The number of ether oxygens (including phenoxy) is 2. The molecule has 6 rings (SSSR count). The average Bonchev–Trinajstić information content (AvgIpc) is 3.61. The van der Waals surface area contributed by atoms with Gasteiger partial charge in [-0.2, -0.15) is 0 Å². The molecule has 0 N–H and O–H groups in total. The maximum Gasteiger partial charge on any atom is 0.265 e. The van der Waals surface area contributed by atoms with Crippen LogP contribution in [-0.2, 0) is 14.3 Å². The van der Waals surface area contributed by atoms with Gasteiger partial charge in [-0.1, -0.05) is 53.5 Å². The maximum absolute atomic E-state index is 13.9. The van der Waals surface area contributed by atoms with Crippen LogP contribution < -0.4 is 9.64 Å². The number of likely N-dealkylation sites (N-methyl/N-ethyl adjacent to an activating group) is 1. The summed E-state index contributed by atoms with van der Waals surface area (Å²) in [7, 11) is 1.77. The van der Waals surface area contributed by atoms with E-state index >= 15 is 0 Å². The van der Waals surface area contributed by atoms with Crippen LogP contribution in [0.25, 0.3) is 11.1 Å². The van der Waals surface area contributed by atoms with Gasteiger partial charge in [-0.25, -0.2) is 0 Å². The predicted molar refractivity (Wildman–Crippen MR) is 174 cm³/mol. The van der Waals surface area contributed by atoms with Crippen molar-refractivity contribution in [3.63, 3.8) is 0 Å². The molecule has 0 aromatic heterocycles. The Kier molecular flexibility index (Phi) is 9.61. The van der Waals surface area contributed by atoms with Crippen LogP contribution in [0, 0.1) is 0 Å². The van der Waals surface area contributed by atoms with E-state index in [1.807, 2.05) is 47.4 Å². The summed E-state index contributed by atoms with van der Waals surface area (Å²) in [6.45, 7) is 4.59. The van der Waals surface area contributed by atoms with E-state index in [9.17, 15) is 14.4 Å². The molecule has 0 spiro atoms. The minimum absolute atomic E-state index is 0.0591. The second-order valence-corrected chi connectivity index (χ2v) is 12.5. The highest BCUT2D eigenvalue weighted by atomic mass is 35.5. The van der Waals surface area contributed by atoms with Gasteiger partial charge in [-0.3, -0.25) is 24.2 Å². The zero-order valence-corrected chi connectivity index (χ0v) is 26.7. The number of anilines is 1. The van der Waals surface area contributed by atoms with Crippen molar-refractivity contribution < 1.29 is 23.9 Å². The molecule has 0 bridgehead atoms. The van der Waals surface area contributed by atoms with Crippen LogP contribution in [0.1, 0.15) is 34.8 Å². The van der Waals surface area contributed by atoms with Gasteiger partial charge in [-0.05, 0) is 53.8 Å². The predicted octanol–water partition coefficient (Wildman–Crippen LogP) is 5.15. The molecule has 0 aliphatic carbocycles. The molecule has 3 aliphatic rings. The summed E-state index contributed by atoms with van der Waals surface area (Å²) in [6.07, 6.45) is 2.08. The lowest BCUT2D eigenvalue weighted by atomic mass is 9.97. The molecule has 45 heavy (non-hydrogen) atoms. The van der Waals surface area contributed by atoms with Crippen molar-refractivity contribution in [3.8, 4) is 16.9 Å². The second kappa shape index (κ2) is 13.8. The number of fused-ring (bicyclic) bond motifs is 1. The fraction of sp³-hybridized carbons (Fsp3) is 0.382. The van der Waals surface area contributed by atoms with E-state index in [0.717, 1.165) is 55.7 Å². The number of likely N-dealkylation sites (tertiary alicyclic amines) is 1. The molecule has 9 nitrogen and oxygen atoms in total. The topological polar surface area (TPSA) is 82.6 Å². The number of amides is 3. The Morgan fingerprint density at radius 3 is 2.36 bits per heavy atom. The van der Waals surface area contributed by atoms with Crippen LogP contribution in [0.2, 0.25) is 10.0 Å². The largest absolute Gasteiger partial charge is 0.482 e. The van der Waals surface area contributed by atoms with Gasteiger partial charge in [0.2, 0.25) is 5.91 Å². The number of hydrogen-bond acceptors (Lipinski definition) is 6. The van der Waals surface area contributed by atoms with Gasteiger partial charge in [0.25, 0.3) is 11.8 Å². The van der Waals surface area contributed by atoms with E-state index < -0.39 is 0 Å². The summed E-state index contributed by atoms with van der Waals surface area (Å²) in [4.78, 5) is 47.3. The van der Waals surface area contributed by atoms with E-state index in [1.54, 1.807) is 24.1 Å². The Morgan fingerprint density at radius 2 is 1.60 bits per heavy atom. The third-order valence-electron chi connectivity index (χ3n) is 8.74. The van der Waals surface area contributed by atoms with Crippen LogP contribution in [0.5, 0.6) is 5.75 Å². The van der Waals surface area contributed by atoms with Crippen LogP contribution in [0.4, 0.5) is 5.69 Å². The standard InChI is InChI=1S/C34H36Cl2N4O5/c1-37(32(41)21-40-29-18-27(35)28(36)19-31(29)45-22-33(40)42)30(20-38-12-14-44-15-13-38)25-8-4-6-23(16-25)24-7-5-9-26(17-24)34(43)39-10-2-3-11-39/h4-9,16-19,30H,2-3,10-15,20-22H2,1H3. The Balaban J connectivity index is 1.27. The number of carbonyl (C=O) groups is 3. The van der Waals surface area contributed by atoms with Gasteiger partial charge < -0.3 is 19.3 Å². The molecule has 3 aromatic rings. The van der Waals surface area contributed by atoms with Crippen molar-refractivity contribution in [2.75, 3.05) is 71.0 Å². The van der Waals surface area contributed by atoms with Crippen LogP contribution in [0.3, 0.4) is 0 Å². The minimum Gasteiger partial charge on any atom is -0.482 e. The van der Waals surface area contributed by atoms with E-state index in [1.165, 1.54) is 4.90 Å². The lowest BCUT2D eigenvalue weighted by Crippen LogP contribution is -2.48. The number of benzene rings is 3. The van der Waals surface area contributed by atoms with Crippen molar-refractivity contribution in [2.24, 2.45) is 0 Å². The summed E-state index contributed by atoms with van der Waals surface area (Å²) in [5, 5.41) is 0.581. The Morgan fingerprint density at radius 1 is 0.911 bits per heavy atom. The van der Waals surface area contributed by atoms with Gasteiger partial charge in [0.05, 0.1) is 35.0 Å². The molecule has 2 fully saturated rings. The van der Waals surface area contributed by atoms with Crippen LogP contribution in [-0.4, -0.2) is 98.6 Å². The van der Waals surface area contributed by atoms with Gasteiger partial charge in [0.1, 0.15) is 12.3 Å². The zero-order chi connectivity index (χ0) is 31.5. The van der Waals surface area contributed by atoms with Gasteiger partial charge in [0.15, 0.2) is 6.61 Å². The van der Waals surface area contributed by atoms with Crippen LogP contribution >= 0.6 is 23.2 Å². The summed E-state index contributed by atoms with van der Waals surface area (Å²) < 4.78 is 11.1. The first-order valence-electron chi connectivity index (χ1n) is 15.3. The molecule has 11 heteroatoms. The summed E-state index contributed by atoms with van der Waals surface area (Å²) in [5.41, 5.74) is 3.94. The zero-order valence-electron chi connectivity index (χ0n) is 25.2. The highest BCUT2D eigenvalue weighted by molar-refractivity contribution is 6.42. The second-order valence-electron chi connectivity index (χ2n) is 11.6. The smallest absolute Gasteiger partial charge is 0.265 e. The molecule has 1 unspecified atom stereocenters. The quantitative estimate of drug-likeness (QED) is 0.335. The molecule has 0 saturated carbocycles. The third-order valence-corrected chi connectivity index (χ3v) is 9.46. The monoisotopic (exact) mass is 650 g/mol. The molecule has 0 radical (unpaired) electrons. The lowest BCUT2D eigenvalue weighted by Gasteiger charge is -2.37. The van der Waals surface area contributed by atoms with Crippen molar-refractivity contribution in [3.05, 3.63) is 81.8 Å². The number of carbonyl (C=O) groups excluding carboxylic acids is 3. The first-order valence-corrected chi connectivity index (χ1v) is 16.0. The molecular weight excluding hydrogens is 615 g/mol. The fourth-order valence-corrected chi connectivity index (χ4v) is 6.44. The maximum atomic E-state index is 13.9. The molecule has 236 valence electrons. The Bertz CT molecular complexity index is 1590. The number of hydrogen-bond donors (Lipinski definition) is 0. The summed E-state index contributed by atoms with van der Waals surface area (Å²) in [5.74, 6) is -0.104. The van der Waals surface area contributed by atoms with Crippen LogP contribution in [0.15, 0.2) is 60.7 Å². The van der Waals surface area contributed by atoms with E-state index in [4.69, 9.17) is 32.7 Å². The molecular formula is C34H36Cl2N4O5. The lowest BCUT2D eigenvalue weighted by molar-refractivity contribution is -0.133. The number of rotatable bonds is 8. The van der Waals surface area contributed by atoms with E-state index in [2.05, 4.69) is 11.0 Å². The van der Waals surface area contributed by atoms with Crippen molar-refractivity contribution in [2.45, 2.75) is 18.9 Å². The number of halogens is 2. The first kappa shape index (κ1) is 31.4. The SMILES string of the molecule is CN(C(=O)CN1C(=O)COc2cc(Cl)c(Cl)cc21)C(CN1CCOCC1)c1cccc(-c2cccc(C(=O)N3CCCC3)c2)c1. The average molecular weight is 652 g/mol. The van der Waals surface area contributed by atoms with Crippen molar-refractivity contribution >= 4 is 46.6 Å². The highest BCUT2D eigenvalue weighted by Crippen LogP contribution is 2.39. The molecule has 1 atom stereocenters. The summed E-state index contributed by atoms with van der Waals surface area (Å²) in [6, 6.07) is 18.7. The number of morpholine rings is 1. The first-order chi connectivity index (χ1) is 21.8. The van der Waals surface area contributed by atoms with E-state index in [-0.39, 0.29) is 41.9 Å². The molecule has 3 heterocycles. The molecule has 3 amide bonds. The summed E-state index contributed by atoms with van der Waals surface area (Å²) >= 11 is 12.4. The normalized spacial score (nSPS) is 17.5. The van der Waals surface area contributed by atoms with Crippen molar-refractivity contribution in [1.82, 2.24) is 14.7 Å². The van der Waals surface area contributed by atoms with Crippen molar-refractivity contribution in [1.29, 1.82) is 0 Å². The van der Waals surface area contributed by atoms with Gasteiger partial charge in [-0.15, -0.1) is 0 Å². The van der Waals surface area contributed by atoms with Gasteiger partial charge in [0, 0.05) is 51.4 Å². The fourth-order valence-electron chi connectivity index (χ4n) is 6.13.